The lowest BCUT2D eigenvalue weighted by Crippen LogP contribution is -2.38. The summed E-state index contributed by atoms with van der Waals surface area (Å²) in [6.45, 7) is 3.50. The molecule has 2 rings (SSSR count). The van der Waals surface area contributed by atoms with Crippen LogP contribution in [0, 0.1) is 0 Å². The molecule has 0 amide bonds. The zero-order valence-electron chi connectivity index (χ0n) is 10.8. The highest BCUT2D eigenvalue weighted by Gasteiger charge is 2.16. The fourth-order valence-electron chi connectivity index (χ4n) is 2.13. The second-order valence-corrected chi connectivity index (χ2v) is 4.60. The van der Waals surface area contributed by atoms with E-state index in [1.807, 2.05) is 24.3 Å². The molecular weight excluding hydrogens is 230 g/mol. The first-order chi connectivity index (χ1) is 8.78. The van der Waals surface area contributed by atoms with Gasteiger partial charge in [-0.3, -0.25) is 4.90 Å². The predicted octanol–water partition coefficient (Wildman–Crippen LogP) is 1.53. The number of benzene rings is 1. The van der Waals surface area contributed by atoms with Crippen molar-refractivity contribution in [2.75, 3.05) is 33.4 Å². The van der Waals surface area contributed by atoms with Crippen LogP contribution in [0.5, 0.6) is 11.5 Å². The van der Waals surface area contributed by atoms with Crippen LogP contribution in [0.4, 0.5) is 0 Å². The number of rotatable bonds is 5. The Morgan fingerprint density at radius 1 is 1.28 bits per heavy atom. The number of aliphatic hydroxyl groups excluding tert-OH is 1. The summed E-state index contributed by atoms with van der Waals surface area (Å²) in [5.41, 5.74) is 0. The van der Waals surface area contributed by atoms with E-state index < -0.39 is 0 Å². The predicted molar refractivity (Wildman–Crippen MR) is 70.2 cm³/mol. The van der Waals surface area contributed by atoms with E-state index in [0.717, 1.165) is 44.0 Å². The summed E-state index contributed by atoms with van der Waals surface area (Å²) >= 11 is 0. The van der Waals surface area contributed by atoms with E-state index in [1.54, 1.807) is 7.11 Å². The van der Waals surface area contributed by atoms with Gasteiger partial charge >= 0.3 is 0 Å². The number of hydrogen-bond donors (Lipinski definition) is 1. The van der Waals surface area contributed by atoms with E-state index in [0.29, 0.717) is 6.61 Å². The average molecular weight is 251 g/mol. The molecule has 1 N–H and O–H groups in total. The van der Waals surface area contributed by atoms with Crippen molar-refractivity contribution >= 4 is 0 Å². The first kappa shape index (κ1) is 13.2. The largest absolute Gasteiger partial charge is 0.497 e. The summed E-state index contributed by atoms with van der Waals surface area (Å²) < 4.78 is 10.8. The van der Waals surface area contributed by atoms with Gasteiger partial charge in [-0.1, -0.05) is 6.07 Å². The van der Waals surface area contributed by atoms with Gasteiger partial charge in [0, 0.05) is 25.7 Å². The summed E-state index contributed by atoms with van der Waals surface area (Å²) in [5.74, 6) is 1.65. The van der Waals surface area contributed by atoms with Gasteiger partial charge in [-0.2, -0.15) is 0 Å². The number of piperidine rings is 1. The summed E-state index contributed by atoms with van der Waals surface area (Å²) in [7, 11) is 1.65. The SMILES string of the molecule is COc1cccc(OCCN2CCC(O)CC2)c1. The van der Waals surface area contributed by atoms with Crippen LogP contribution in [-0.4, -0.2) is 49.5 Å². The Balaban J connectivity index is 1.71. The van der Waals surface area contributed by atoms with Crippen LogP contribution in [0.1, 0.15) is 12.8 Å². The minimum absolute atomic E-state index is 0.111. The van der Waals surface area contributed by atoms with Crippen molar-refractivity contribution in [3.8, 4) is 11.5 Å². The maximum Gasteiger partial charge on any atom is 0.123 e. The van der Waals surface area contributed by atoms with Crippen molar-refractivity contribution in [1.29, 1.82) is 0 Å². The topological polar surface area (TPSA) is 41.9 Å². The van der Waals surface area contributed by atoms with Crippen LogP contribution in [-0.2, 0) is 0 Å². The highest BCUT2D eigenvalue weighted by atomic mass is 16.5. The molecule has 1 heterocycles. The van der Waals surface area contributed by atoms with Crippen LogP contribution < -0.4 is 9.47 Å². The molecule has 18 heavy (non-hydrogen) atoms. The van der Waals surface area contributed by atoms with Crippen LogP contribution >= 0.6 is 0 Å². The zero-order chi connectivity index (χ0) is 12.8. The molecule has 0 saturated carbocycles. The van der Waals surface area contributed by atoms with Crippen molar-refractivity contribution in [3.63, 3.8) is 0 Å². The number of aliphatic hydroxyl groups is 1. The lowest BCUT2D eigenvalue weighted by molar-refractivity contribution is 0.0754. The number of ether oxygens (including phenoxy) is 2. The van der Waals surface area contributed by atoms with Crippen molar-refractivity contribution in [2.45, 2.75) is 18.9 Å². The van der Waals surface area contributed by atoms with Gasteiger partial charge in [-0.05, 0) is 25.0 Å². The molecule has 4 heteroatoms. The highest BCUT2D eigenvalue weighted by Crippen LogP contribution is 2.18. The maximum absolute atomic E-state index is 9.42. The maximum atomic E-state index is 9.42. The monoisotopic (exact) mass is 251 g/mol. The molecule has 4 nitrogen and oxygen atoms in total. The van der Waals surface area contributed by atoms with Crippen LogP contribution in [0.15, 0.2) is 24.3 Å². The second kappa shape index (κ2) is 6.61. The van der Waals surface area contributed by atoms with Crippen molar-refractivity contribution < 1.29 is 14.6 Å². The fourth-order valence-corrected chi connectivity index (χ4v) is 2.13. The van der Waals surface area contributed by atoms with Gasteiger partial charge in [-0.25, -0.2) is 0 Å². The molecule has 1 saturated heterocycles. The molecule has 1 aromatic rings. The van der Waals surface area contributed by atoms with Crippen molar-refractivity contribution in [3.05, 3.63) is 24.3 Å². The van der Waals surface area contributed by atoms with Gasteiger partial charge < -0.3 is 14.6 Å². The molecule has 0 radical (unpaired) electrons. The van der Waals surface area contributed by atoms with Gasteiger partial charge in [0.2, 0.25) is 0 Å². The lowest BCUT2D eigenvalue weighted by Gasteiger charge is -2.29. The van der Waals surface area contributed by atoms with E-state index in [4.69, 9.17) is 9.47 Å². The molecule has 1 aliphatic rings. The minimum Gasteiger partial charge on any atom is -0.497 e. The van der Waals surface area contributed by atoms with E-state index >= 15 is 0 Å². The molecule has 0 atom stereocenters. The lowest BCUT2D eigenvalue weighted by atomic mass is 10.1. The van der Waals surface area contributed by atoms with Gasteiger partial charge in [0.15, 0.2) is 0 Å². The molecule has 0 aliphatic carbocycles. The Hall–Kier alpha value is -1.26. The third-order valence-corrected chi connectivity index (χ3v) is 3.27. The summed E-state index contributed by atoms with van der Waals surface area (Å²) in [4.78, 5) is 2.33. The third-order valence-electron chi connectivity index (χ3n) is 3.27. The first-order valence-electron chi connectivity index (χ1n) is 6.45. The van der Waals surface area contributed by atoms with Crippen LogP contribution in [0.25, 0.3) is 0 Å². The Labute approximate surface area is 108 Å². The molecule has 0 bridgehead atoms. The van der Waals surface area contributed by atoms with Crippen LogP contribution in [0.2, 0.25) is 0 Å². The van der Waals surface area contributed by atoms with E-state index in [1.165, 1.54) is 0 Å². The number of hydrogen-bond acceptors (Lipinski definition) is 4. The van der Waals surface area contributed by atoms with Gasteiger partial charge in [0.05, 0.1) is 13.2 Å². The Morgan fingerprint density at radius 2 is 2.00 bits per heavy atom. The number of nitrogens with zero attached hydrogens (tertiary/aromatic N) is 1. The average Bonchev–Trinajstić information content (AvgIpc) is 2.41. The summed E-state index contributed by atoms with van der Waals surface area (Å²) in [6, 6.07) is 7.65. The molecular formula is C14H21NO3. The normalized spacial score (nSPS) is 17.7. The Morgan fingerprint density at radius 3 is 2.72 bits per heavy atom. The molecule has 1 aliphatic heterocycles. The number of methoxy groups -OCH3 is 1. The molecule has 1 aromatic carbocycles. The zero-order valence-corrected chi connectivity index (χ0v) is 10.8. The van der Waals surface area contributed by atoms with Gasteiger partial charge in [0.1, 0.15) is 18.1 Å². The quantitative estimate of drug-likeness (QED) is 0.861. The third kappa shape index (κ3) is 3.89. The van der Waals surface area contributed by atoms with Gasteiger partial charge in [0.25, 0.3) is 0 Å². The van der Waals surface area contributed by atoms with E-state index in [9.17, 15) is 5.11 Å². The molecule has 100 valence electrons. The van der Waals surface area contributed by atoms with E-state index in [2.05, 4.69) is 4.90 Å². The first-order valence-corrected chi connectivity index (χ1v) is 6.45. The highest BCUT2D eigenvalue weighted by molar-refractivity contribution is 5.32. The second-order valence-electron chi connectivity index (χ2n) is 4.60. The van der Waals surface area contributed by atoms with Crippen LogP contribution in [0.3, 0.4) is 0 Å². The standard InChI is InChI=1S/C14H21NO3/c1-17-13-3-2-4-14(11-13)18-10-9-15-7-5-12(16)6-8-15/h2-4,11-12,16H,5-10H2,1H3. The number of likely N-dealkylation sites (tertiary alicyclic amines) is 1. The fraction of sp³-hybridized carbons (Fsp3) is 0.571. The minimum atomic E-state index is -0.111. The Kier molecular flexibility index (Phi) is 4.84. The summed E-state index contributed by atoms with van der Waals surface area (Å²) in [5, 5.41) is 9.42. The molecule has 0 aromatic heterocycles. The molecule has 0 unspecified atom stereocenters. The van der Waals surface area contributed by atoms with Crippen molar-refractivity contribution in [2.24, 2.45) is 0 Å². The van der Waals surface area contributed by atoms with Crippen molar-refractivity contribution in [1.82, 2.24) is 4.90 Å². The molecule has 1 fully saturated rings. The van der Waals surface area contributed by atoms with E-state index in [-0.39, 0.29) is 6.10 Å². The Bertz CT molecular complexity index is 362. The molecule has 0 spiro atoms. The smallest absolute Gasteiger partial charge is 0.123 e. The summed E-state index contributed by atoms with van der Waals surface area (Å²) in [6.07, 6.45) is 1.64. The van der Waals surface area contributed by atoms with Gasteiger partial charge in [-0.15, -0.1) is 0 Å².